The molecule has 1 saturated carbocycles. The van der Waals surface area contributed by atoms with E-state index in [-0.39, 0.29) is 6.04 Å². The molecule has 2 aromatic rings. The van der Waals surface area contributed by atoms with Gasteiger partial charge in [0.05, 0.1) is 12.1 Å². The molecule has 0 bridgehead atoms. The first-order chi connectivity index (χ1) is 11.9. The number of piperidine rings is 1. The van der Waals surface area contributed by atoms with Crippen molar-refractivity contribution in [2.75, 3.05) is 13.1 Å². The van der Waals surface area contributed by atoms with Crippen molar-refractivity contribution in [3.63, 3.8) is 0 Å². The van der Waals surface area contributed by atoms with Crippen molar-refractivity contribution in [3.8, 4) is 0 Å². The average molecular weight is 326 g/mol. The summed E-state index contributed by atoms with van der Waals surface area (Å²) in [6.45, 7) is 2.22. The molecule has 4 rings (SSSR count). The molecule has 128 valence electrons. The number of tetrazole rings is 1. The molecule has 1 saturated heterocycles. The number of likely N-dealkylation sites (tertiary alicyclic amines) is 1. The second-order valence-corrected chi connectivity index (χ2v) is 7.06. The van der Waals surface area contributed by atoms with Crippen molar-refractivity contribution >= 4 is 0 Å². The number of hydrogen-bond donors (Lipinski definition) is 0. The van der Waals surface area contributed by atoms with Crippen LogP contribution >= 0.6 is 0 Å². The Labute approximate surface area is 143 Å². The molecule has 2 aliphatic rings. The Balaban J connectivity index is 1.69. The van der Waals surface area contributed by atoms with Crippen LogP contribution in [0.3, 0.4) is 0 Å². The van der Waals surface area contributed by atoms with Crippen molar-refractivity contribution in [1.29, 1.82) is 0 Å². The number of nitrogens with zero attached hydrogens (tertiary/aromatic N) is 6. The second-order valence-electron chi connectivity index (χ2n) is 7.06. The zero-order chi connectivity index (χ0) is 16.2. The standard InChI is InChI=1S/C18H26N6/c1-3-9-16(10-4-1)24-18(20-21-22-24)17(15-8-7-11-19-14-15)23-12-5-2-6-13-23/h7-8,11,14,16-17H,1-6,9-10,12-13H2/t17-/m0/s1. The van der Waals surface area contributed by atoms with Crippen molar-refractivity contribution in [2.24, 2.45) is 0 Å². The highest BCUT2D eigenvalue weighted by atomic mass is 15.6. The fourth-order valence-electron chi connectivity index (χ4n) is 4.20. The third-order valence-electron chi connectivity index (χ3n) is 5.44. The van der Waals surface area contributed by atoms with Gasteiger partial charge in [-0.1, -0.05) is 31.7 Å². The average Bonchev–Trinajstić information content (AvgIpc) is 3.14. The normalized spacial score (nSPS) is 21.7. The van der Waals surface area contributed by atoms with Gasteiger partial charge in [-0.3, -0.25) is 9.88 Å². The van der Waals surface area contributed by atoms with Crippen LogP contribution in [0.4, 0.5) is 0 Å². The summed E-state index contributed by atoms with van der Waals surface area (Å²) in [5, 5.41) is 12.9. The number of pyridine rings is 1. The van der Waals surface area contributed by atoms with Gasteiger partial charge in [-0.05, 0) is 60.8 Å². The van der Waals surface area contributed by atoms with Crippen molar-refractivity contribution in [1.82, 2.24) is 30.1 Å². The fourth-order valence-corrected chi connectivity index (χ4v) is 4.20. The highest BCUT2D eigenvalue weighted by Crippen LogP contribution is 2.34. The van der Waals surface area contributed by atoms with Gasteiger partial charge in [-0.25, -0.2) is 4.68 Å². The van der Waals surface area contributed by atoms with E-state index < -0.39 is 0 Å². The van der Waals surface area contributed by atoms with Gasteiger partial charge in [0, 0.05) is 12.4 Å². The lowest BCUT2D eigenvalue weighted by Crippen LogP contribution is -2.36. The van der Waals surface area contributed by atoms with Crippen LogP contribution in [0.1, 0.15) is 74.8 Å². The Morgan fingerprint density at radius 2 is 1.79 bits per heavy atom. The zero-order valence-electron chi connectivity index (χ0n) is 14.2. The molecule has 1 atom stereocenters. The Hall–Kier alpha value is -1.82. The largest absolute Gasteiger partial charge is 0.290 e. The predicted octanol–water partition coefficient (Wildman–Crippen LogP) is 3.15. The molecule has 6 heteroatoms. The van der Waals surface area contributed by atoms with E-state index in [2.05, 4.69) is 36.2 Å². The van der Waals surface area contributed by atoms with E-state index in [1.165, 1.54) is 56.9 Å². The molecule has 0 aromatic carbocycles. The van der Waals surface area contributed by atoms with E-state index in [1.807, 2.05) is 18.5 Å². The predicted molar refractivity (Wildman–Crippen MR) is 91.4 cm³/mol. The van der Waals surface area contributed by atoms with Gasteiger partial charge >= 0.3 is 0 Å². The highest BCUT2D eigenvalue weighted by molar-refractivity contribution is 5.21. The first kappa shape index (κ1) is 15.7. The maximum absolute atomic E-state index is 4.48. The third-order valence-corrected chi connectivity index (χ3v) is 5.44. The lowest BCUT2D eigenvalue weighted by Gasteiger charge is -2.34. The molecule has 0 radical (unpaired) electrons. The Bertz CT molecular complexity index is 628. The van der Waals surface area contributed by atoms with E-state index in [4.69, 9.17) is 0 Å². The van der Waals surface area contributed by atoms with E-state index in [0.717, 1.165) is 18.9 Å². The number of hydrogen-bond acceptors (Lipinski definition) is 5. The van der Waals surface area contributed by atoms with E-state index in [9.17, 15) is 0 Å². The van der Waals surface area contributed by atoms with Crippen LogP contribution in [0, 0.1) is 0 Å². The van der Waals surface area contributed by atoms with Crippen LogP contribution in [-0.4, -0.2) is 43.2 Å². The van der Waals surface area contributed by atoms with Crippen LogP contribution in [-0.2, 0) is 0 Å². The van der Waals surface area contributed by atoms with Crippen LogP contribution in [0.2, 0.25) is 0 Å². The summed E-state index contributed by atoms with van der Waals surface area (Å²) in [6, 6.07) is 4.75. The molecule has 6 nitrogen and oxygen atoms in total. The minimum absolute atomic E-state index is 0.121. The molecule has 1 aliphatic carbocycles. The summed E-state index contributed by atoms with van der Waals surface area (Å²) >= 11 is 0. The summed E-state index contributed by atoms with van der Waals surface area (Å²) in [5.41, 5.74) is 1.20. The molecule has 3 heterocycles. The molecule has 2 aromatic heterocycles. The molecule has 2 fully saturated rings. The topological polar surface area (TPSA) is 59.7 Å². The van der Waals surface area contributed by atoms with Crippen LogP contribution in [0.15, 0.2) is 24.5 Å². The van der Waals surface area contributed by atoms with Gasteiger partial charge in [-0.15, -0.1) is 5.10 Å². The lowest BCUT2D eigenvalue weighted by atomic mass is 9.95. The summed E-state index contributed by atoms with van der Waals surface area (Å²) in [7, 11) is 0. The van der Waals surface area contributed by atoms with Gasteiger partial charge in [0.2, 0.25) is 0 Å². The maximum atomic E-state index is 4.48. The minimum atomic E-state index is 0.121. The minimum Gasteiger partial charge on any atom is -0.290 e. The van der Waals surface area contributed by atoms with E-state index >= 15 is 0 Å². The smallest absolute Gasteiger partial charge is 0.173 e. The van der Waals surface area contributed by atoms with Gasteiger partial charge < -0.3 is 0 Å². The van der Waals surface area contributed by atoms with E-state index in [1.54, 1.807) is 0 Å². The summed E-state index contributed by atoms with van der Waals surface area (Å²) in [5.74, 6) is 0.997. The Morgan fingerprint density at radius 3 is 2.54 bits per heavy atom. The van der Waals surface area contributed by atoms with Gasteiger partial charge in [0.25, 0.3) is 0 Å². The number of aromatic nitrogens is 5. The second kappa shape index (κ2) is 7.38. The first-order valence-electron chi connectivity index (χ1n) is 9.35. The quantitative estimate of drug-likeness (QED) is 0.864. The molecule has 0 spiro atoms. The maximum Gasteiger partial charge on any atom is 0.173 e. The summed E-state index contributed by atoms with van der Waals surface area (Å²) in [6.07, 6.45) is 13.9. The Kier molecular flexibility index (Phi) is 4.83. The monoisotopic (exact) mass is 326 g/mol. The van der Waals surface area contributed by atoms with E-state index in [0.29, 0.717) is 6.04 Å². The zero-order valence-corrected chi connectivity index (χ0v) is 14.2. The van der Waals surface area contributed by atoms with Crippen LogP contribution < -0.4 is 0 Å². The molecule has 0 amide bonds. The molecule has 24 heavy (non-hydrogen) atoms. The SMILES string of the molecule is c1cncc([C@@H](c2nnnn2C2CCCCC2)N2CCCCC2)c1. The third kappa shape index (κ3) is 3.20. The summed E-state index contributed by atoms with van der Waals surface area (Å²) < 4.78 is 2.12. The van der Waals surface area contributed by atoms with Gasteiger partial charge in [0.1, 0.15) is 0 Å². The molecular formula is C18H26N6. The first-order valence-corrected chi connectivity index (χ1v) is 9.35. The van der Waals surface area contributed by atoms with Crippen molar-refractivity contribution < 1.29 is 0 Å². The van der Waals surface area contributed by atoms with Gasteiger partial charge in [0.15, 0.2) is 5.82 Å². The van der Waals surface area contributed by atoms with Crippen molar-refractivity contribution in [3.05, 3.63) is 35.9 Å². The van der Waals surface area contributed by atoms with Crippen LogP contribution in [0.5, 0.6) is 0 Å². The molecule has 0 N–H and O–H groups in total. The van der Waals surface area contributed by atoms with Crippen LogP contribution in [0.25, 0.3) is 0 Å². The molecular weight excluding hydrogens is 300 g/mol. The summed E-state index contributed by atoms with van der Waals surface area (Å²) in [4.78, 5) is 6.88. The number of rotatable bonds is 4. The molecule has 0 unspecified atom stereocenters. The highest BCUT2D eigenvalue weighted by Gasteiger charge is 2.31. The Morgan fingerprint density at radius 1 is 1.00 bits per heavy atom. The van der Waals surface area contributed by atoms with Gasteiger partial charge in [-0.2, -0.15) is 0 Å². The van der Waals surface area contributed by atoms with Crippen molar-refractivity contribution in [2.45, 2.75) is 63.5 Å². The lowest BCUT2D eigenvalue weighted by molar-refractivity contribution is 0.172. The fraction of sp³-hybridized carbons (Fsp3) is 0.667. The molecule has 1 aliphatic heterocycles.